The molecule has 6 heteroatoms. The molecular formula is C10H15N3O3. The van der Waals surface area contributed by atoms with Gasteiger partial charge in [0.2, 0.25) is 11.8 Å². The first-order valence-corrected chi connectivity index (χ1v) is 5.46. The summed E-state index contributed by atoms with van der Waals surface area (Å²) >= 11 is 0. The highest BCUT2D eigenvalue weighted by Crippen LogP contribution is 2.39. The predicted octanol–water partition coefficient (Wildman–Crippen LogP) is 1.05. The lowest BCUT2D eigenvalue weighted by Crippen LogP contribution is -2.14. The summed E-state index contributed by atoms with van der Waals surface area (Å²) in [4.78, 5) is 11.4. The fourth-order valence-electron chi connectivity index (χ4n) is 1.30. The first kappa shape index (κ1) is 11.1. The Morgan fingerprint density at radius 3 is 3.00 bits per heavy atom. The molecule has 1 heterocycles. The molecule has 0 bridgehead atoms. The van der Waals surface area contributed by atoms with E-state index in [2.05, 4.69) is 15.5 Å². The monoisotopic (exact) mass is 225 g/mol. The molecule has 0 saturated heterocycles. The fraction of sp³-hybridized carbons (Fsp3) is 0.700. The number of rotatable bonds is 5. The van der Waals surface area contributed by atoms with E-state index in [-0.39, 0.29) is 18.3 Å². The van der Waals surface area contributed by atoms with Crippen molar-refractivity contribution in [2.45, 2.75) is 44.6 Å². The van der Waals surface area contributed by atoms with Crippen molar-refractivity contribution in [2.24, 2.45) is 0 Å². The smallest absolute Gasteiger partial charge is 0.322 e. The van der Waals surface area contributed by atoms with Crippen LogP contribution >= 0.6 is 0 Å². The largest absolute Gasteiger partial charge is 0.408 e. The van der Waals surface area contributed by atoms with Gasteiger partial charge in [-0.25, -0.2) is 0 Å². The molecule has 1 aliphatic carbocycles. The summed E-state index contributed by atoms with van der Waals surface area (Å²) < 4.78 is 5.27. The second-order valence-corrected chi connectivity index (χ2v) is 4.16. The Morgan fingerprint density at radius 1 is 1.62 bits per heavy atom. The highest BCUT2D eigenvalue weighted by molar-refractivity contribution is 5.88. The molecule has 1 fully saturated rings. The van der Waals surface area contributed by atoms with Crippen LogP contribution in [0.15, 0.2) is 4.42 Å². The lowest BCUT2D eigenvalue weighted by atomic mass is 10.2. The number of hydrogen-bond donors (Lipinski definition) is 2. The third-order valence-electron chi connectivity index (χ3n) is 2.40. The van der Waals surface area contributed by atoms with Crippen LogP contribution in [0.5, 0.6) is 0 Å². The van der Waals surface area contributed by atoms with E-state index >= 15 is 0 Å². The lowest BCUT2D eigenvalue weighted by molar-refractivity contribution is -0.116. The first-order chi connectivity index (χ1) is 7.65. The van der Waals surface area contributed by atoms with Crippen molar-refractivity contribution in [1.29, 1.82) is 0 Å². The fourth-order valence-corrected chi connectivity index (χ4v) is 1.30. The molecule has 2 rings (SSSR count). The minimum absolute atomic E-state index is 0.150. The molecule has 0 aliphatic heterocycles. The maximum atomic E-state index is 11.4. The zero-order valence-electron chi connectivity index (χ0n) is 9.14. The number of aromatic nitrogens is 2. The van der Waals surface area contributed by atoms with Gasteiger partial charge in [0, 0.05) is 12.3 Å². The number of carbonyl (C=O) groups excluding carboxylic acids is 1. The minimum Gasteiger partial charge on any atom is -0.408 e. The molecule has 88 valence electrons. The van der Waals surface area contributed by atoms with Crippen molar-refractivity contribution in [2.75, 3.05) is 5.32 Å². The van der Waals surface area contributed by atoms with Crippen LogP contribution in [0.3, 0.4) is 0 Å². The van der Waals surface area contributed by atoms with Gasteiger partial charge in [0.05, 0.1) is 6.10 Å². The van der Waals surface area contributed by atoms with Gasteiger partial charge in [-0.05, 0) is 26.2 Å². The summed E-state index contributed by atoms with van der Waals surface area (Å²) in [5.41, 5.74) is 0. The molecule has 2 N–H and O–H groups in total. The van der Waals surface area contributed by atoms with Crippen LogP contribution in [0.4, 0.5) is 6.01 Å². The van der Waals surface area contributed by atoms with Crippen LogP contribution in [-0.2, 0) is 4.79 Å². The molecule has 0 aromatic carbocycles. The van der Waals surface area contributed by atoms with Crippen molar-refractivity contribution in [3.8, 4) is 0 Å². The molecule has 1 atom stereocenters. The van der Waals surface area contributed by atoms with Gasteiger partial charge in [-0.1, -0.05) is 5.10 Å². The zero-order valence-corrected chi connectivity index (χ0v) is 9.14. The number of nitrogens with one attached hydrogen (secondary N) is 1. The van der Waals surface area contributed by atoms with Gasteiger partial charge in [0.15, 0.2) is 0 Å². The normalized spacial score (nSPS) is 17.1. The molecule has 1 amide bonds. The number of aliphatic hydroxyl groups is 1. The number of anilines is 1. The molecule has 1 aliphatic rings. The molecule has 6 nitrogen and oxygen atoms in total. The average molecular weight is 225 g/mol. The minimum atomic E-state index is -0.476. The molecule has 1 aromatic rings. The number of aliphatic hydroxyl groups excluding tert-OH is 1. The van der Waals surface area contributed by atoms with Gasteiger partial charge in [-0.2, -0.15) is 0 Å². The van der Waals surface area contributed by atoms with Gasteiger partial charge in [-0.3, -0.25) is 10.1 Å². The Kier molecular flexibility index (Phi) is 3.19. The molecule has 0 radical (unpaired) electrons. The SMILES string of the molecule is CC(O)CCC(=O)Nc1nnc(C2CC2)o1. The van der Waals surface area contributed by atoms with Crippen LogP contribution in [0.25, 0.3) is 0 Å². The maximum absolute atomic E-state index is 11.4. The molecule has 1 saturated carbocycles. The molecule has 16 heavy (non-hydrogen) atoms. The van der Waals surface area contributed by atoms with Crippen molar-refractivity contribution in [3.05, 3.63) is 5.89 Å². The molecule has 1 aromatic heterocycles. The standard InChI is InChI=1S/C10H15N3O3/c1-6(14)2-5-8(15)11-10-13-12-9(16-10)7-3-4-7/h6-7,14H,2-5H2,1H3,(H,11,13,15). The van der Waals surface area contributed by atoms with Crippen LogP contribution in [-0.4, -0.2) is 27.3 Å². The number of amides is 1. The second-order valence-electron chi connectivity index (χ2n) is 4.16. The molecule has 1 unspecified atom stereocenters. The zero-order chi connectivity index (χ0) is 11.5. The van der Waals surface area contributed by atoms with Crippen LogP contribution < -0.4 is 5.32 Å². The van der Waals surface area contributed by atoms with Crippen molar-refractivity contribution >= 4 is 11.9 Å². The van der Waals surface area contributed by atoms with Crippen molar-refractivity contribution in [1.82, 2.24) is 10.2 Å². The summed E-state index contributed by atoms with van der Waals surface area (Å²) in [5, 5.41) is 19.1. The number of hydrogen-bond acceptors (Lipinski definition) is 5. The van der Waals surface area contributed by atoms with E-state index in [0.717, 1.165) is 12.8 Å². The number of nitrogens with zero attached hydrogens (tertiary/aromatic N) is 2. The summed E-state index contributed by atoms with van der Waals surface area (Å²) in [6, 6.07) is 0.150. The quantitative estimate of drug-likeness (QED) is 0.781. The van der Waals surface area contributed by atoms with Gasteiger partial charge in [-0.15, -0.1) is 5.10 Å². The van der Waals surface area contributed by atoms with E-state index in [9.17, 15) is 4.79 Å². The van der Waals surface area contributed by atoms with Crippen molar-refractivity contribution in [3.63, 3.8) is 0 Å². The van der Waals surface area contributed by atoms with E-state index in [1.165, 1.54) is 0 Å². The molecule has 0 spiro atoms. The third kappa shape index (κ3) is 3.03. The predicted molar refractivity (Wildman–Crippen MR) is 55.8 cm³/mol. The van der Waals surface area contributed by atoms with E-state index < -0.39 is 6.10 Å². The Hall–Kier alpha value is -1.43. The lowest BCUT2D eigenvalue weighted by Gasteiger charge is -2.02. The highest BCUT2D eigenvalue weighted by Gasteiger charge is 2.29. The van der Waals surface area contributed by atoms with Gasteiger partial charge in [0.25, 0.3) is 0 Å². The van der Waals surface area contributed by atoms with E-state index in [4.69, 9.17) is 9.52 Å². The van der Waals surface area contributed by atoms with Gasteiger partial charge < -0.3 is 9.52 Å². The Morgan fingerprint density at radius 2 is 2.38 bits per heavy atom. The second kappa shape index (κ2) is 4.61. The van der Waals surface area contributed by atoms with E-state index in [1.807, 2.05) is 0 Å². The summed E-state index contributed by atoms with van der Waals surface area (Å²) in [5.74, 6) is 0.772. The Labute approximate surface area is 93.1 Å². The summed E-state index contributed by atoms with van der Waals surface area (Å²) in [6.07, 6.45) is 2.36. The Balaban J connectivity index is 1.80. The van der Waals surface area contributed by atoms with Crippen molar-refractivity contribution < 1.29 is 14.3 Å². The van der Waals surface area contributed by atoms with Gasteiger partial charge in [0.1, 0.15) is 0 Å². The van der Waals surface area contributed by atoms with Gasteiger partial charge >= 0.3 is 6.01 Å². The Bertz CT molecular complexity index is 371. The summed E-state index contributed by atoms with van der Waals surface area (Å²) in [6.45, 7) is 1.64. The third-order valence-corrected chi connectivity index (χ3v) is 2.40. The van der Waals surface area contributed by atoms with E-state index in [1.54, 1.807) is 6.92 Å². The van der Waals surface area contributed by atoms with Crippen LogP contribution in [0, 0.1) is 0 Å². The summed E-state index contributed by atoms with van der Waals surface area (Å²) in [7, 11) is 0. The number of carbonyl (C=O) groups is 1. The van der Waals surface area contributed by atoms with Crippen LogP contribution in [0.2, 0.25) is 0 Å². The average Bonchev–Trinajstić information content (AvgIpc) is 2.98. The highest BCUT2D eigenvalue weighted by atomic mass is 16.4. The van der Waals surface area contributed by atoms with Crippen LogP contribution in [0.1, 0.15) is 44.4 Å². The molecular weight excluding hydrogens is 210 g/mol. The van der Waals surface area contributed by atoms with E-state index in [0.29, 0.717) is 18.2 Å². The first-order valence-electron chi connectivity index (χ1n) is 5.46. The topological polar surface area (TPSA) is 88.2 Å². The maximum Gasteiger partial charge on any atom is 0.322 e.